The molecule has 0 fully saturated rings. The summed E-state index contributed by atoms with van der Waals surface area (Å²) in [5, 5.41) is 11.7. The number of ether oxygens (including phenoxy) is 2. The maximum absolute atomic E-state index is 13.4. The molecule has 0 bridgehead atoms. The fourth-order valence-electron chi connectivity index (χ4n) is 2.77. The average molecular weight is 400 g/mol. The lowest BCUT2D eigenvalue weighted by Crippen LogP contribution is -2.15. The average Bonchev–Trinajstić information content (AvgIpc) is 3.29. The number of nitrogens with zero attached hydrogens (tertiary/aromatic N) is 3. The van der Waals surface area contributed by atoms with Crippen LogP contribution in [-0.4, -0.2) is 33.2 Å². The van der Waals surface area contributed by atoms with Crippen molar-refractivity contribution in [1.29, 1.82) is 0 Å². The highest BCUT2D eigenvalue weighted by Gasteiger charge is 2.18. The maximum atomic E-state index is 13.4. The number of carbonyl (C=O) groups excluding carboxylic acids is 1. The molecular formula is C19H17FN4O3S. The second-order valence-electron chi connectivity index (χ2n) is 6.23. The van der Waals surface area contributed by atoms with Gasteiger partial charge in [-0.15, -0.1) is 10.2 Å². The number of aromatic nitrogens is 3. The number of fused-ring (bicyclic) bond motifs is 1. The van der Waals surface area contributed by atoms with E-state index in [1.54, 1.807) is 6.07 Å². The minimum atomic E-state index is -0.393. The number of amides is 1. The van der Waals surface area contributed by atoms with Gasteiger partial charge < -0.3 is 19.4 Å². The summed E-state index contributed by atoms with van der Waals surface area (Å²) in [6.45, 7) is 2.01. The van der Waals surface area contributed by atoms with Crippen molar-refractivity contribution in [2.24, 2.45) is 7.05 Å². The van der Waals surface area contributed by atoms with Crippen LogP contribution < -0.4 is 14.8 Å². The molecule has 7 nitrogen and oxygen atoms in total. The van der Waals surface area contributed by atoms with Gasteiger partial charge in [-0.1, -0.05) is 17.8 Å². The van der Waals surface area contributed by atoms with Crippen molar-refractivity contribution in [2.45, 2.75) is 12.1 Å². The van der Waals surface area contributed by atoms with Gasteiger partial charge in [0.05, 0.1) is 5.75 Å². The molecule has 1 aromatic heterocycles. The van der Waals surface area contributed by atoms with E-state index in [-0.39, 0.29) is 18.5 Å². The molecule has 1 aliphatic rings. The van der Waals surface area contributed by atoms with Crippen LogP contribution in [-0.2, 0) is 11.8 Å². The molecule has 9 heteroatoms. The third-order valence-corrected chi connectivity index (χ3v) is 5.29. The monoisotopic (exact) mass is 400 g/mol. The van der Waals surface area contributed by atoms with Crippen molar-refractivity contribution in [2.75, 3.05) is 17.9 Å². The van der Waals surface area contributed by atoms with Gasteiger partial charge in [-0.05, 0) is 42.8 Å². The van der Waals surface area contributed by atoms with E-state index >= 15 is 0 Å². The normalized spacial score (nSPS) is 12.2. The van der Waals surface area contributed by atoms with E-state index in [0.29, 0.717) is 28.2 Å². The van der Waals surface area contributed by atoms with Crippen LogP contribution in [0.1, 0.15) is 5.56 Å². The Hall–Kier alpha value is -3.07. The van der Waals surface area contributed by atoms with E-state index in [0.717, 1.165) is 11.1 Å². The van der Waals surface area contributed by atoms with Crippen LogP contribution >= 0.6 is 11.8 Å². The number of hydrogen-bond acceptors (Lipinski definition) is 6. The van der Waals surface area contributed by atoms with Gasteiger partial charge in [0.1, 0.15) is 5.82 Å². The molecular weight excluding hydrogens is 383 g/mol. The predicted octanol–water partition coefficient (Wildman–Crippen LogP) is 3.39. The van der Waals surface area contributed by atoms with Crippen molar-refractivity contribution in [3.8, 4) is 22.9 Å². The van der Waals surface area contributed by atoms with E-state index < -0.39 is 5.82 Å². The second-order valence-corrected chi connectivity index (χ2v) is 7.17. The molecule has 2 heterocycles. The molecule has 2 aromatic carbocycles. The second kappa shape index (κ2) is 7.51. The highest BCUT2D eigenvalue weighted by atomic mass is 32.2. The summed E-state index contributed by atoms with van der Waals surface area (Å²) in [7, 11) is 1.83. The molecule has 0 saturated carbocycles. The highest BCUT2D eigenvalue weighted by Crippen LogP contribution is 2.35. The van der Waals surface area contributed by atoms with Crippen molar-refractivity contribution >= 4 is 23.4 Å². The Bertz CT molecular complexity index is 1050. The summed E-state index contributed by atoms with van der Waals surface area (Å²) in [4.78, 5) is 12.2. The molecule has 4 rings (SSSR count). The topological polar surface area (TPSA) is 78.3 Å². The summed E-state index contributed by atoms with van der Waals surface area (Å²) >= 11 is 1.25. The van der Waals surface area contributed by atoms with Crippen molar-refractivity contribution < 1.29 is 18.7 Å². The fraction of sp³-hybridized carbons (Fsp3) is 0.211. The number of hydrogen-bond donors (Lipinski definition) is 1. The molecule has 0 aliphatic carbocycles. The Morgan fingerprint density at radius 3 is 2.89 bits per heavy atom. The van der Waals surface area contributed by atoms with Crippen LogP contribution in [0.5, 0.6) is 11.5 Å². The summed E-state index contributed by atoms with van der Waals surface area (Å²) in [6.07, 6.45) is 0. The number of aryl methyl sites for hydroxylation is 1. The van der Waals surface area contributed by atoms with E-state index in [1.165, 1.54) is 23.9 Å². The molecule has 1 N–H and O–H groups in total. The van der Waals surface area contributed by atoms with Crippen LogP contribution in [0.4, 0.5) is 10.1 Å². The van der Waals surface area contributed by atoms with Crippen molar-refractivity contribution in [3.63, 3.8) is 0 Å². The maximum Gasteiger partial charge on any atom is 0.234 e. The van der Waals surface area contributed by atoms with Gasteiger partial charge in [0.25, 0.3) is 0 Å². The quantitative estimate of drug-likeness (QED) is 0.662. The zero-order chi connectivity index (χ0) is 19.7. The summed E-state index contributed by atoms with van der Waals surface area (Å²) in [5.74, 6) is 1.51. The van der Waals surface area contributed by atoms with E-state index in [1.807, 2.05) is 36.7 Å². The summed E-state index contributed by atoms with van der Waals surface area (Å²) in [6, 6.07) is 9.84. The molecule has 0 saturated heterocycles. The van der Waals surface area contributed by atoms with Crippen LogP contribution in [0.2, 0.25) is 0 Å². The summed E-state index contributed by atoms with van der Waals surface area (Å²) < 4.78 is 25.9. The molecule has 3 aromatic rings. The number of benzene rings is 2. The first-order valence-electron chi connectivity index (χ1n) is 8.49. The lowest BCUT2D eigenvalue weighted by molar-refractivity contribution is -0.113. The molecule has 0 radical (unpaired) electrons. The smallest absolute Gasteiger partial charge is 0.234 e. The Balaban J connectivity index is 1.43. The molecule has 0 spiro atoms. The first kappa shape index (κ1) is 18.3. The lowest BCUT2D eigenvalue weighted by atomic mass is 10.2. The molecule has 1 aliphatic heterocycles. The minimum absolute atomic E-state index is 0.128. The number of thioether (sulfide) groups is 1. The highest BCUT2D eigenvalue weighted by molar-refractivity contribution is 7.99. The van der Waals surface area contributed by atoms with Crippen LogP contribution in [0.3, 0.4) is 0 Å². The standard InChI is InChI=1S/C19H17FN4O3S/c1-11-3-5-13(20)8-14(11)21-17(25)9-28-19-23-22-18(24(19)2)12-4-6-15-16(7-12)27-10-26-15/h3-8H,9-10H2,1-2H3,(H,21,25). The first-order valence-corrected chi connectivity index (χ1v) is 9.48. The fourth-order valence-corrected chi connectivity index (χ4v) is 3.48. The Labute approximate surface area is 164 Å². The third kappa shape index (κ3) is 3.65. The lowest BCUT2D eigenvalue weighted by Gasteiger charge is -2.08. The molecule has 0 unspecified atom stereocenters. The molecule has 28 heavy (non-hydrogen) atoms. The summed E-state index contributed by atoms with van der Waals surface area (Å²) in [5.41, 5.74) is 2.10. The van der Waals surface area contributed by atoms with Gasteiger partial charge in [-0.3, -0.25) is 4.79 Å². The van der Waals surface area contributed by atoms with Crippen LogP contribution in [0, 0.1) is 12.7 Å². The number of anilines is 1. The number of halogens is 1. The van der Waals surface area contributed by atoms with Crippen LogP contribution in [0.25, 0.3) is 11.4 Å². The molecule has 1 amide bonds. The van der Waals surface area contributed by atoms with Gasteiger partial charge in [-0.25, -0.2) is 4.39 Å². The van der Waals surface area contributed by atoms with Crippen molar-refractivity contribution in [1.82, 2.24) is 14.8 Å². The van der Waals surface area contributed by atoms with Gasteiger partial charge in [0.2, 0.25) is 12.7 Å². The minimum Gasteiger partial charge on any atom is -0.454 e. The zero-order valence-corrected chi connectivity index (χ0v) is 16.0. The first-order chi connectivity index (χ1) is 13.5. The van der Waals surface area contributed by atoms with E-state index in [4.69, 9.17) is 9.47 Å². The largest absolute Gasteiger partial charge is 0.454 e. The van der Waals surface area contributed by atoms with Crippen LogP contribution in [0.15, 0.2) is 41.6 Å². The van der Waals surface area contributed by atoms with Gasteiger partial charge in [-0.2, -0.15) is 0 Å². The van der Waals surface area contributed by atoms with E-state index in [9.17, 15) is 9.18 Å². The van der Waals surface area contributed by atoms with Gasteiger partial charge in [0, 0.05) is 18.3 Å². The van der Waals surface area contributed by atoms with Crippen molar-refractivity contribution in [3.05, 3.63) is 47.8 Å². The van der Waals surface area contributed by atoms with Gasteiger partial charge in [0.15, 0.2) is 22.5 Å². The van der Waals surface area contributed by atoms with Gasteiger partial charge >= 0.3 is 0 Å². The Morgan fingerprint density at radius 2 is 2.04 bits per heavy atom. The SMILES string of the molecule is Cc1ccc(F)cc1NC(=O)CSc1nnc(-c2ccc3c(c2)OCO3)n1C. The third-order valence-electron chi connectivity index (χ3n) is 4.27. The predicted molar refractivity (Wildman–Crippen MR) is 103 cm³/mol. The number of carbonyl (C=O) groups is 1. The van der Waals surface area contributed by atoms with E-state index in [2.05, 4.69) is 15.5 Å². The number of nitrogens with one attached hydrogen (secondary N) is 1. The zero-order valence-electron chi connectivity index (χ0n) is 15.2. The Kier molecular flexibility index (Phi) is 4.91. The Morgan fingerprint density at radius 1 is 1.21 bits per heavy atom. The molecule has 0 atom stereocenters. The molecule has 144 valence electrons. The number of rotatable bonds is 5.